The first-order chi connectivity index (χ1) is 11.2. The van der Waals surface area contributed by atoms with Crippen LogP contribution >= 0.6 is 0 Å². The molecule has 0 spiro atoms. The Morgan fingerprint density at radius 3 is 2.20 bits per heavy atom. The van der Waals surface area contributed by atoms with Gasteiger partial charge in [0.15, 0.2) is 0 Å². The van der Waals surface area contributed by atoms with Crippen LogP contribution in [0.15, 0.2) is 18.2 Å². The first-order valence-electron chi connectivity index (χ1n) is 7.44. The summed E-state index contributed by atoms with van der Waals surface area (Å²) in [5.41, 5.74) is -0.846. The molecule has 0 radical (unpaired) electrons. The monoisotopic (exact) mass is 346 g/mol. The number of aromatic nitrogens is 2. The fourth-order valence-corrected chi connectivity index (χ4v) is 1.96. The van der Waals surface area contributed by atoms with E-state index in [0.717, 1.165) is 19.2 Å². The van der Waals surface area contributed by atoms with Crippen molar-refractivity contribution in [3.05, 3.63) is 50.4 Å². The van der Waals surface area contributed by atoms with Gasteiger partial charge in [0.25, 0.3) is 0 Å². The van der Waals surface area contributed by atoms with E-state index in [9.17, 15) is 13.2 Å². The number of nitrogens with zero attached hydrogens (tertiary/aromatic N) is 2. The normalized spacial score (nSPS) is 12.0. The molecule has 4 nitrogen and oxygen atoms in total. The molecule has 2 aromatic rings. The van der Waals surface area contributed by atoms with E-state index in [1.807, 2.05) is 0 Å². The Labute approximate surface area is 159 Å². The molecule has 8 heteroatoms. The number of hydrogen-bond acceptors (Lipinski definition) is 4. The molecule has 0 aliphatic heterocycles. The molecular weight excluding hydrogens is 324 g/mol. The van der Waals surface area contributed by atoms with Crippen LogP contribution in [-0.2, 0) is 6.18 Å². The van der Waals surface area contributed by atoms with Crippen LogP contribution < -0.4 is 29.5 Å². The summed E-state index contributed by atoms with van der Waals surface area (Å²) in [6.45, 7) is 15.7. The van der Waals surface area contributed by atoms with Crippen molar-refractivity contribution >= 4 is 16.7 Å². The molecule has 25 heavy (non-hydrogen) atoms. The van der Waals surface area contributed by atoms with E-state index < -0.39 is 11.7 Å². The summed E-state index contributed by atoms with van der Waals surface area (Å²) in [7, 11) is 0. The maximum Gasteiger partial charge on any atom is 1.00 e. The van der Waals surface area contributed by atoms with Gasteiger partial charge in [-0.15, -0.1) is 19.1 Å². The molecule has 1 heterocycles. The predicted octanol–water partition coefficient (Wildman–Crippen LogP) is 0.840. The summed E-state index contributed by atoms with van der Waals surface area (Å²) < 4.78 is 38.9. The van der Waals surface area contributed by atoms with Gasteiger partial charge in [-0.3, -0.25) is 0 Å². The molecule has 0 saturated carbocycles. The van der Waals surface area contributed by atoms with Gasteiger partial charge in [0.1, 0.15) is 11.6 Å². The number of benzene rings is 1. The fraction of sp³-hybridized carbons (Fsp3) is 0.353. The Morgan fingerprint density at radius 1 is 1.16 bits per heavy atom. The van der Waals surface area contributed by atoms with Crippen LogP contribution in [0.25, 0.3) is 10.9 Å². The van der Waals surface area contributed by atoms with Gasteiger partial charge in [-0.25, -0.2) is 9.97 Å². The molecule has 1 aromatic heterocycles. The van der Waals surface area contributed by atoms with Crippen molar-refractivity contribution in [2.45, 2.75) is 26.1 Å². The zero-order valence-electron chi connectivity index (χ0n) is 14.9. The average Bonchev–Trinajstić information content (AvgIpc) is 2.46. The van der Waals surface area contributed by atoms with Crippen LogP contribution in [0.2, 0.25) is 0 Å². The standard InChI is InChI=1S/C13H13F3N3.C4H9N.Li/c1-7(2)17-12-9-5-4-6-10(13(14,15)16)11(9)18-8(3)19-12;1-3-5-4-2;/h4-7H,1H2,2-3H3,(H,17,18,19);5H,1-4H2;/q-1;-2;+1/t7-;;/m1../s1. The molecule has 2 rings (SSSR count). The first kappa shape index (κ1) is 23.7. The van der Waals surface area contributed by atoms with E-state index in [1.54, 1.807) is 19.9 Å². The van der Waals surface area contributed by atoms with Gasteiger partial charge in [-0.1, -0.05) is 13.0 Å². The number of hydrogen-bond donors (Lipinski definition) is 2. The molecule has 0 fully saturated rings. The molecule has 1 aromatic carbocycles. The molecule has 0 unspecified atom stereocenters. The van der Waals surface area contributed by atoms with Crippen LogP contribution in [0.4, 0.5) is 19.0 Å². The quantitative estimate of drug-likeness (QED) is 0.636. The Kier molecular flexibility index (Phi) is 10.1. The molecule has 0 bridgehead atoms. The SMILES string of the molecule is [CH2-]CNC[CH2-].[CH2-][C@H](C)Nc1nc(C)nc2c(C(F)(F)F)cccc12.[Li+]. The van der Waals surface area contributed by atoms with Crippen molar-refractivity contribution in [1.29, 1.82) is 0 Å². The third-order valence-electron chi connectivity index (χ3n) is 2.88. The molecule has 0 saturated heterocycles. The van der Waals surface area contributed by atoms with Crippen LogP contribution in [0.5, 0.6) is 0 Å². The van der Waals surface area contributed by atoms with Crippen molar-refractivity contribution in [3.63, 3.8) is 0 Å². The van der Waals surface area contributed by atoms with E-state index >= 15 is 0 Å². The van der Waals surface area contributed by atoms with Crippen molar-refractivity contribution in [2.24, 2.45) is 0 Å². The van der Waals surface area contributed by atoms with Gasteiger partial charge in [-0.2, -0.15) is 13.2 Å². The fourth-order valence-electron chi connectivity index (χ4n) is 1.96. The number of para-hydroxylation sites is 1. The third kappa shape index (κ3) is 7.23. The molecule has 0 amide bonds. The molecule has 134 valence electrons. The Balaban J connectivity index is 0.000000848. The van der Waals surface area contributed by atoms with Gasteiger partial charge in [0.2, 0.25) is 0 Å². The van der Waals surface area contributed by atoms with Crippen LogP contribution in [0, 0.1) is 27.7 Å². The first-order valence-corrected chi connectivity index (χ1v) is 7.44. The molecular formula is C17H22F3LiN4-2. The topological polar surface area (TPSA) is 49.8 Å². The third-order valence-corrected chi connectivity index (χ3v) is 2.88. The van der Waals surface area contributed by atoms with Crippen molar-refractivity contribution in [3.8, 4) is 0 Å². The summed E-state index contributed by atoms with van der Waals surface area (Å²) in [5.74, 6) is 0.656. The minimum absolute atomic E-state index is 0. The minimum Gasteiger partial charge on any atom is -0.397 e. The Morgan fingerprint density at radius 2 is 1.76 bits per heavy atom. The van der Waals surface area contributed by atoms with Gasteiger partial charge < -0.3 is 31.4 Å². The predicted molar refractivity (Wildman–Crippen MR) is 91.3 cm³/mol. The smallest absolute Gasteiger partial charge is 0.397 e. The van der Waals surface area contributed by atoms with E-state index in [1.165, 1.54) is 6.07 Å². The summed E-state index contributed by atoms with van der Waals surface area (Å²) in [4.78, 5) is 8.05. The second-order valence-electron chi connectivity index (χ2n) is 5.11. The zero-order valence-corrected chi connectivity index (χ0v) is 14.9. The number of anilines is 1. The van der Waals surface area contributed by atoms with Crippen molar-refractivity contribution in [2.75, 3.05) is 18.4 Å². The number of fused-ring (bicyclic) bond motifs is 1. The number of alkyl halides is 3. The van der Waals surface area contributed by atoms with Crippen LogP contribution in [-0.4, -0.2) is 29.1 Å². The number of halogens is 3. The van der Waals surface area contributed by atoms with E-state index in [-0.39, 0.29) is 36.2 Å². The average molecular weight is 346 g/mol. The van der Waals surface area contributed by atoms with Crippen molar-refractivity contribution < 1.29 is 32.0 Å². The van der Waals surface area contributed by atoms with Gasteiger partial charge in [0, 0.05) is 5.39 Å². The molecule has 0 aliphatic rings. The van der Waals surface area contributed by atoms with Crippen molar-refractivity contribution in [1.82, 2.24) is 15.3 Å². The van der Waals surface area contributed by atoms with Gasteiger partial charge in [-0.05, 0) is 19.1 Å². The largest absolute Gasteiger partial charge is 1.00 e. The number of rotatable bonds is 4. The second kappa shape index (κ2) is 10.6. The number of nitrogens with one attached hydrogen (secondary N) is 2. The number of aryl methyl sites for hydroxylation is 1. The maximum absolute atomic E-state index is 13.0. The van der Waals surface area contributed by atoms with Crippen LogP contribution in [0.3, 0.4) is 0 Å². The maximum atomic E-state index is 13.0. The van der Waals surface area contributed by atoms with E-state index in [4.69, 9.17) is 0 Å². The molecule has 1 atom stereocenters. The zero-order chi connectivity index (χ0) is 18.3. The summed E-state index contributed by atoms with van der Waals surface area (Å²) in [6, 6.07) is 3.76. The Hall–Kier alpha value is -1.29. The second-order valence-corrected chi connectivity index (χ2v) is 5.11. The van der Waals surface area contributed by atoms with E-state index in [2.05, 4.69) is 41.4 Å². The summed E-state index contributed by atoms with van der Waals surface area (Å²) in [6.07, 6.45) is -4.44. The van der Waals surface area contributed by atoms with Gasteiger partial charge >= 0.3 is 25.0 Å². The summed E-state index contributed by atoms with van der Waals surface area (Å²) in [5, 5.41) is 6.17. The van der Waals surface area contributed by atoms with Crippen LogP contribution in [0.1, 0.15) is 18.3 Å². The summed E-state index contributed by atoms with van der Waals surface area (Å²) >= 11 is 0. The Bertz CT molecular complexity index is 658. The van der Waals surface area contributed by atoms with E-state index in [0.29, 0.717) is 11.2 Å². The minimum atomic E-state index is -4.44. The van der Waals surface area contributed by atoms with Gasteiger partial charge in [0.05, 0.1) is 11.1 Å². The molecule has 2 N–H and O–H groups in total. The molecule has 0 aliphatic carbocycles.